The molecule has 1 aliphatic heterocycles. The molecule has 0 aromatic heterocycles. The minimum absolute atomic E-state index is 0.0546. The maximum absolute atomic E-state index is 12.0. The predicted octanol–water partition coefficient (Wildman–Crippen LogP) is 0.771. The summed E-state index contributed by atoms with van der Waals surface area (Å²) in [6.45, 7) is 6.29. The highest BCUT2D eigenvalue weighted by molar-refractivity contribution is 7.53. The zero-order valence-electron chi connectivity index (χ0n) is 8.78. The van der Waals surface area contributed by atoms with E-state index < -0.39 is 7.60 Å². The van der Waals surface area contributed by atoms with Crippen molar-refractivity contribution in [2.75, 3.05) is 32.5 Å². The first-order chi connectivity index (χ1) is 6.70. The fourth-order valence-electron chi connectivity index (χ4n) is 1.45. The molecule has 84 valence electrons. The van der Waals surface area contributed by atoms with Gasteiger partial charge in [-0.1, -0.05) is 0 Å². The summed E-state index contributed by atoms with van der Waals surface area (Å²) in [5.41, 5.74) is 0. The lowest BCUT2D eigenvalue weighted by molar-refractivity contribution is 0.217. The highest BCUT2D eigenvalue weighted by Crippen LogP contribution is 2.48. The standard InChI is InChI=1S/C8H19N2O3P/c1-3-12-14(11,13-4-2)7-8-9-5-6-10-8/h8-10H,3-7H2,1-2H3. The van der Waals surface area contributed by atoms with Crippen LogP contribution in [-0.2, 0) is 13.6 Å². The molecule has 0 amide bonds. The van der Waals surface area contributed by atoms with Crippen molar-refractivity contribution in [2.24, 2.45) is 0 Å². The van der Waals surface area contributed by atoms with Gasteiger partial charge in [0, 0.05) is 13.1 Å². The molecule has 6 heteroatoms. The molecule has 0 bridgehead atoms. The van der Waals surface area contributed by atoms with Crippen LogP contribution >= 0.6 is 7.60 Å². The molecule has 1 fully saturated rings. The van der Waals surface area contributed by atoms with Crippen molar-refractivity contribution in [3.05, 3.63) is 0 Å². The largest absolute Gasteiger partial charge is 0.333 e. The van der Waals surface area contributed by atoms with Crippen LogP contribution in [0.1, 0.15) is 13.8 Å². The van der Waals surface area contributed by atoms with E-state index in [1.807, 2.05) is 13.8 Å². The van der Waals surface area contributed by atoms with E-state index in [9.17, 15) is 4.57 Å². The van der Waals surface area contributed by atoms with E-state index in [1.54, 1.807) is 0 Å². The van der Waals surface area contributed by atoms with Crippen molar-refractivity contribution in [1.29, 1.82) is 0 Å². The van der Waals surface area contributed by atoms with Crippen molar-refractivity contribution in [3.8, 4) is 0 Å². The molecule has 0 atom stereocenters. The van der Waals surface area contributed by atoms with E-state index in [0.29, 0.717) is 19.4 Å². The maximum Gasteiger partial charge on any atom is 0.333 e. The molecule has 0 unspecified atom stereocenters. The third-order valence-electron chi connectivity index (χ3n) is 1.96. The van der Waals surface area contributed by atoms with Gasteiger partial charge in [-0.2, -0.15) is 0 Å². The van der Waals surface area contributed by atoms with E-state index >= 15 is 0 Å². The van der Waals surface area contributed by atoms with E-state index in [2.05, 4.69) is 10.6 Å². The number of hydrogen-bond acceptors (Lipinski definition) is 5. The number of hydrogen-bond donors (Lipinski definition) is 2. The fourth-order valence-corrected chi connectivity index (χ4v) is 3.23. The Bertz CT molecular complexity index is 197. The van der Waals surface area contributed by atoms with Gasteiger partial charge in [0.15, 0.2) is 0 Å². The summed E-state index contributed by atoms with van der Waals surface area (Å²) in [5.74, 6) is 0. The predicted molar refractivity (Wildman–Crippen MR) is 55.5 cm³/mol. The van der Waals surface area contributed by atoms with Gasteiger partial charge < -0.3 is 19.7 Å². The molecule has 5 nitrogen and oxygen atoms in total. The number of nitrogens with one attached hydrogen (secondary N) is 2. The fraction of sp³-hybridized carbons (Fsp3) is 1.00. The second-order valence-corrected chi connectivity index (χ2v) is 5.19. The Morgan fingerprint density at radius 3 is 2.14 bits per heavy atom. The summed E-state index contributed by atoms with van der Waals surface area (Å²) in [6.07, 6.45) is 0.452. The molecule has 2 N–H and O–H groups in total. The maximum atomic E-state index is 12.0. The topological polar surface area (TPSA) is 59.6 Å². The Labute approximate surface area is 85.1 Å². The molecule has 0 aliphatic carbocycles. The van der Waals surface area contributed by atoms with Gasteiger partial charge >= 0.3 is 7.60 Å². The minimum atomic E-state index is -2.89. The van der Waals surface area contributed by atoms with Gasteiger partial charge in [0.1, 0.15) is 0 Å². The van der Waals surface area contributed by atoms with Crippen LogP contribution in [0.5, 0.6) is 0 Å². The summed E-state index contributed by atoms with van der Waals surface area (Å²) in [6, 6.07) is 0. The molecule has 0 radical (unpaired) electrons. The summed E-state index contributed by atoms with van der Waals surface area (Å²) < 4.78 is 22.4. The van der Waals surface area contributed by atoms with Crippen LogP contribution in [-0.4, -0.2) is 38.6 Å². The van der Waals surface area contributed by atoms with Crippen LogP contribution in [0, 0.1) is 0 Å². The van der Waals surface area contributed by atoms with Gasteiger partial charge in [-0.15, -0.1) is 0 Å². The van der Waals surface area contributed by atoms with Crippen LogP contribution in [0.4, 0.5) is 0 Å². The van der Waals surface area contributed by atoms with Gasteiger partial charge in [0.05, 0.1) is 25.5 Å². The van der Waals surface area contributed by atoms with Gasteiger partial charge in [-0.25, -0.2) is 0 Å². The minimum Gasteiger partial charge on any atom is -0.309 e. The third-order valence-corrected chi connectivity index (χ3v) is 4.08. The second-order valence-electron chi connectivity index (χ2n) is 3.09. The smallest absolute Gasteiger partial charge is 0.309 e. The zero-order valence-corrected chi connectivity index (χ0v) is 9.68. The lowest BCUT2D eigenvalue weighted by Crippen LogP contribution is -2.35. The van der Waals surface area contributed by atoms with Gasteiger partial charge in [0.25, 0.3) is 0 Å². The van der Waals surface area contributed by atoms with Crippen molar-refractivity contribution in [2.45, 2.75) is 20.0 Å². The number of rotatable bonds is 6. The van der Waals surface area contributed by atoms with Crippen LogP contribution < -0.4 is 10.6 Å². The second kappa shape index (κ2) is 5.83. The summed E-state index contributed by atoms with van der Waals surface area (Å²) in [4.78, 5) is 0. The summed E-state index contributed by atoms with van der Waals surface area (Å²) in [5, 5.41) is 6.37. The first-order valence-corrected chi connectivity index (χ1v) is 6.78. The molecule has 0 saturated carbocycles. The van der Waals surface area contributed by atoms with E-state index in [1.165, 1.54) is 0 Å². The molecule has 1 rings (SSSR count). The average molecular weight is 222 g/mol. The van der Waals surface area contributed by atoms with E-state index in [4.69, 9.17) is 9.05 Å². The van der Waals surface area contributed by atoms with Gasteiger partial charge in [-0.3, -0.25) is 4.57 Å². The molecule has 14 heavy (non-hydrogen) atoms. The van der Waals surface area contributed by atoms with Crippen molar-refractivity contribution < 1.29 is 13.6 Å². The van der Waals surface area contributed by atoms with Crippen LogP contribution in [0.3, 0.4) is 0 Å². The molecule has 0 aromatic rings. The van der Waals surface area contributed by atoms with E-state index in [0.717, 1.165) is 13.1 Å². The highest BCUT2D eigenvalue weighted by Gasteiger charge is 2.29. The Balaban J connectivity index is 2.44. The van der Waals surface area contributed by atoms with Crippen molar-refractivity contribution in [1.82, 2.24) is 10.6 Å². The summed E-state index contributed by atoms with van der Waals surface area (Å²) in [7, 11) is -2.89. The molecule has 1 saturated heterocycles. The van der Waals surface area contributed by atoms with Crippen LogP contribution in [0.25, 0.3) is 0 Å². The SMILES string of the molecule is CCOP(=O)(CC1NCCN1)OCC. The van der Waals surface area contributed by atoms with Crippen molar-refractivity contribution >= 4 is 7.60 Å². The Kier molecular flexibility index (Phi) is 5.06. The lowest BCUT2D eigenvalue weighted by atomic mass is 10.6. The molecular formula is C8H19N2O3P. The van der Waals surface area contributed by atoms with Gasteiger partial charge in [-0.05, 0) is 13.8 Å². The zero-order chi connectivity index (χ0) is 10.4. The monoisotopic (exact) mass is 222 g/mol. The first-order valence-electron chi connectivity index (χ1n) is 5.05. The Hall–Kier alpha value is 0.0700. The molecule has 1 heterocycles. The Morgan fingerprint density at radius 2 is 1.71 bits per heavy atom. The van der Waals surface area contributed by atoms with Gasteiger partial charge in [0.2, 0.25) is 0 Å². The molecular weight excluding hydrogens is 203 g/mol. The van der Waals surface area contributed by atoms with Crippen LogP contribution in [0.15, 0.2) is 0 Å². The Morgan fingerprint density at radius 1 is 1.21 bits per heavy atom. The van der Waals surface area contributed by atoms with Crippen LogP contribution in [0.2, 0.25) is 0 Å². The lowest BCUT2D eigenvalue weighted by Gasteiger charge is -2.20. The summed E-state index contributed by atoms with van der Waals surface area (Å²) >= 11 is 0. The first kappa shape index (κ1) is 12.1. The van der Waals surface area contributed by atoms with Crippen molar-refractivity contribution in [3.63, 3.8) is 0 Å². The normalized spacial score (nSPS) is 19.0. The molecule has 1 aliphatic rings. The molecule has 0 aromatic carbocycles. The molecule has 0 spiro atoms. The quantitative estimate of drug-likeness (QED) is 0.650. The van der Waals surface area contributed by atoms with E-state index in [-0.39, 0.29) is 6.17 Å². The third kappa shape index (κ3) is 3.67. The highest BCUT2D eigenvalue weighted by atomic mass is 31.2. The average Bonchev–Trinajstić information content (AvgIpc) is 2.57.